The number of aliphatic hydroxyl groups excluding tert-OH is 1. The molecule has 0 unspecified atom stereocenters. The van der Waals surface area contributed by atoms with E-state index in [4.69, 9.17) is 0 Å². The fourth-order valence-corrected chi connectivity index (χ4v) is 3.17. The van der Waals surface area contributed by atoms with E-state index in [-0.39, 0.29) is 12.4 Å². The first-order valence-electron chi connectivity index (χ1n) is 8.98. The molecular formula is C21H20FN5O. The van der Waals surface area contributed by atoms with Gasteiger partial charge < -0.3 is 10.4 Å². The molecule has 7 heteroatoms. The summed E-state index contributed by atoms with van der Waals surface area (Å²) in [4.78, 5) is 8.74. The fraction of sp³-hybridized carbons (Fsp3) is 0.190. The van der Waals surface area contributed by atoms with E-state index in [1.54, 1.807) is 35.4 Å². The molecule has 1 aromatic carbocycles. The van der Waals surface area contributed by atoms with Crippen LogP contribution in [0.2, 0.25) is 0 Å². The number of hydrogen-bond donors (Lipinski definition) is 2. The lowest BCUT2D eigenvalue weighted by Gasteiger charge is -2.13. The number of aliphatic hydroxyl groups is 1. The van der Waals surface area contributed by atoms with Crippen LogP contribution in [0.25, 0.3) is 22.3 Å². The van der Waals surface area contributed by atoms with Crippen LogP contribution in [0, 0.1) is 19.7 Å². The Bertz CT molecular complexity index is 1150. The third-order valence-corrected chi connectivity index (χ3v) is 4.61. The maximum Gasteiger partial charge on any atom is 0.132 e. The topological polar surface area (TPSA) is 75.9 Å². The Balaban J connectivity index is 1.78. The van der Waals surface area contributed by atoms with Crippen LogP contribution in [-0.2, 0) is 6.54 Å². The Kier molecular flexibility index (Phi) is 4.75. The van der Waals surface area contributed by atoms with Gasteiger partial charge in [0.15, 0.2) is 0 Å². The number of pyridine rings is 2. The predicted molar refractivity (Wildman–Crippen MR) is 107 cm³/mol. The summed E-state index contributed by atoms with van der Waals surface area (Å²) in [5, 5.41) is 17.0. The molecule has 0 radical (unpaired) electrons. The Morgan fingerprint density at radius 2 is 1.93 bits per heavy atom. The van der Waals surface area contributed by atoms with Gasteiger partial charge in [-0.1, -0.05) is 11.6 Å². The summed E-state index contributed by atoms with van der Waals surface area (Å²) in [5.41, 5.74) is 6.07. The highest BCUT2D eigenvalue weighted by molar-refractivity contribution is 5.90. The van der Waals surface area contributed by atoms with E-state index in [9.17, 15) is 9.50 Å². The van der Waals surface area contributed by atoms with E-state index in [2.05, 4.69) is 20.4 Å². The third-order valence-electron chi connectivity index (χ3n) is 4.61. The molecule has 6 nitrogen and oxygen atoms in total. The van der Waals surface area contributed by atoms with Gasteiger partial charge in [0.25, 0.3) is 0 Å². The molecule has 4 aromatic rings. The van der Waals surface area contributed by atoms with Gasteiger partial charge >= 0.3 is 0 Å². The molecule has 0 aliphatic carbocycles. The van der Waals surface area contributed by atoms with Crippen LogP contribution in [0.1, 0.15) is 11.1 Å². The zero-order valence-electron chi connectivity index (χ0n) is 15.6. The Hall–Kier alpha value is -3.32. The van der Waals surface area contributed by atoms with Crippen molar-refractivity contribution in [2.75, 3.05) is 11.9 Å². The van der Waals surface area contributed by atoms with E-state index in [0.717, 1.165) is 33.5 Å². The number of nitrogens with one attached hydrogen (secondary N) is 1. The van der Waals surface area contributed by atoms with Crippen molar-refractivity contribution in [1.29, 1.82) is 0 Å². The van der Waals surface area contributed by atoms with Crippen molar-refractivity contribution < 1.29 is 9.50 Å². The highest BCUT2D eigenvalue weighted by Crippen LogP contribution is 2.30. The molecule has 0 aliphatic rings. The second-order valence-corrected chi connectivity index (χ2v) is 6.68. The molecule has 3 heterocycles. The quantitative estimate of drug-likeness (QED) is 0.550. The van der Waals surface area contributed by atoms with Crippen LogP contribution in [0.15, 0.2) is 48.9 Å². The highest BCUT2D eigenvalue weighted by atomic mass is 19.1. The van der Waals surface area contributed by atoms with Crippen LogP contribution in [-0.4, -0.2) is 31.5 Å². The first-order valence-corrected chi connectivity index (χ1v) is 8.98. The molecule has 0 amide bonds. The average Bonchev–Trinajstić information content (AvgIpc) is 3.10. The molecule has 0 atom stereocenters. The molecule has 0 spiro atoms. The molecule has 0 aliphatic heterocycles. The van der Waals surface area contributed by atoms with Gasteiger partial charge in [-0.25, -0.2) is 4.39 Å². The summed E-state index contributed by atoms with van der Waals surface area (Å²) in [6.45, 7) is 4.22. The lowest BCUT2D eigenvalue weighted by atomic mass is 10.1. The maximum atomic E-state index is 14.3. The minimum absolute atomic E-state index is 0.0177. The lowest BCUT2D eigenvalue weighted by molar-refractivity contribution is 0.272. The predicted octanol–water partition coefficient (Wildman–Crippen LogP) is 3.99. The second kappa shape index (κ2) is 7.36. The number of rotatable bonds is 5. The van der Waals surface area contributed by atoms with Crippen molar-refractivity contribution in [3.63, 3.8) is 0 Å². The third kappa shape index (κ3) is 3.32. The minimum Gasteiger partial charge on any atom is -0.394 e. The molecule has 0 saturated heterocycles. The molecular weight excluding hydrogens is 357 g/mol. The smallest absolute Gasteiger partial charge is 0.132 e. The van der Waals surface area contributed by atoms with Crippen LogP contribution >= 0.6 is 0 Å². The Morgan fingerprint density at radius 3 is 2.75 bits per heavy atom. The van der Waals surface area contributed by atoms with Gasteiger partial charge in [0.2, 0.25) is 0 Å². The number of aromatic nitrogens is 4. The molecule has 142 valence electrons. The summed E-state index contributed by atoms with van der Waals surface area (Å²) in [6, 6.07) is 8.68. The van der Waals surface area contributed by atoms with Crippen LogP contribution in [0.4, 0.5) is 15.8 Å². The van der Waals surface area contributed by atoms with E-state index in [1.165, 1.54) is 6.07 Å². The van der Waals surface area contributed by atoms with Gasteiger partial charge in [-0.05, 0) is 43.7 Å². The summed E-state index contributed by atoms with van der Waals surface area (Å²) in [5.74, 6) is -0.305. The van der Waals surface area contributed by atoms with Crippen molar-refractivity contribution in [2.24, 2.45) is 0 Å². The van der Waals surface area contributed by atoms with Crippen molar-refractivity contribution in [1.82, 2.24) is 19.7 Å². The molecule has 0 fully saturated rings. The van der Waals surface area contributed by atoms with E-state index >= 15 is 0 Å². The average molecular weight is 377 g/mol. The number of hydrogen-bond acceptors (Lipinski definition) is 5. The van der Waals surface area contributed by atoms with Crippen molar-refractivity contribution in [3.05, 3.63) is 65.9 Å². The standard InChI is InChI=1S/C21H20FN5O/c1-13-3-4-16(22)15(9-13)19-10-18(14(2)11-24-19)26-17-5-6-23-20-12-25-27(7-8-28)21(17)20/h3-6,9-12,28H,7-8H2,1-2H3,(H,23,24,26). The molecule has 2 N–H and O–H groups in total. The highest BCUT2D eigenvalue weighted by Gasteiger charge is 2.13. The largest absolute Gasteiger partial charge is 0.394 e. The first kappa shape index (κ1) is 18.1. The van der Waals surface area contributed by atoms with Crippen molar-refractivity contribution >= 4 is 22.4 Å². The Morgan fingerprint density at radius 1 is 1.07 bits per heavy atom. The van der Waals surface area contributed by atoms with E-state index in [1.807, 2.05) is 26.0 Å². The summed E-state index contributed by atoms with van der Waals surface area (Å²) in [6.07, 6.45) is 5.10. The van der Waals surface area contributed by atoms with E-state index < -0.39 is 0 Å². The maximum absolute atomic E-state index is 14.3. The minimum atomic E-state index is -0.305. The fourth-order valence-electron chi connectivity index (χ4n) is 3.17. The number of nitrogens with zero attached hydrogens (tertiary/aromatic N) is 4. The number of benzene rings is 1. The molecule has 4 rings (SSSR count). The number of halogens is 1. The normalized spacial score (nSPS) is 11.1. The second-order valence-electron chi connectivity index (χ2n) is 6.68. The van der Waals surface area contributed by atoms with Gasteiger partial charge in [0.05, 0.1) is 30.7 Å². The van der Waals surface area contributed by atoms with Gasteiger partial charge in [0.1, 0.15) is 16.9 Å². The zero-order valence-corrected chi connectivity index (χ0v) is 15.6. The van der Waals surface area contributed by atoms with Gasteiger partial charge in [-0.15, -0.1) is 0 Å². The zero-order chi connectivity index (χ0) is 19.7. The van der Waals surface area contributed by atoms with E-state index in [0.29, 0.717) is 17.8 Å². The molecule has 0 bridgehead atoms. The summed E-state index contributed by atoms with van der Waals surface area (Å²) in [7, 11) is 0. The van der Waals surface area contributed by atoms with Crippen molar-refractivity contribution in [2.45, 2.75) is 20.4 Å². The van der Waals surface area contributed by atoms with Gasteiger partial charge in [-0.3, -0.25) is 14.6 Å². The number of fused-ring (bicyclic) bond motifs is 1. The molecule has 0 saturated carbocycles. The van der Waals surface area contributed by atoms with Crippen LogP contribution in [0.3, 0.4) is 0 Å². The first-order chi connectivity index (χ1) is 13.6. The molecule has 3 aromatic heterocycles. The SMILES string of the molecule is Cc1ccc(F)c(-c2cc(Nc3ccnc4cnn(CCO)c34)c(C)cn2)c1. The number of aryl methyl sites for hydroxylation is 2. The number of anilines is 2. The summed E-state index contributed by atoms with van der Waals surface area (Å²) >= 11 is 0. The van der Waals surface area contributed by atoms with Crippen LogP contribution < -0.4 is 5.32 Å². The monoisotopic (exact) mass is 377 g/mol. The van der Waals surface area contributed by atoms with Crippen molar-refractivity contribution in [3.8, 4) is 11.3 Å². The lowest BCUT2D eigenvalue weighted by Crippen LogP contribution is -2.05. The Labute approximate surface area is 161 Å². The van der Waals surface area contributed by atoms with Gasteiger partial charge in [-0.2, -0.15) is 5.10 Å². The summed E-state index contributed by atoms with van der Waals surface area (Å²) < 4.78 is 16.0. The van der Waals surface area contributed by atoms with Crippen LogP contribution in [0.5, 0.6) is 0 Å². The van der Waals surface area contributed by atoms with Gasteiger partial charge in [0, 0.05) is 23.6 Å². The molecule has 28 heavy (non-hydrogen) atoms.